The molecule has 1 fully saturated rings. The van der Waals surface area contributed by atoms with Gasteiger partial charge in [0.25, 0.3) is 0 Å². The van der Waals surface area contributed by atoms with Crippen molar-refractivity contribution in [1.82, 2.24) is 10.6 Å². The molecule has 0 aromatic heterocycles. The first-order chi connectivity index (χ1) is 8.33. The van der Waals surface area contributed by atoms with Crippen LogP contribution < -0.4 is 10.6 Å². The van der Waals surface area contributed by atoms with Gasteiger partial charge in [0, 0.05) is 11.5 Å². The number of nitrogens with one attached hydrogen (secondary N) is 2. The van der Waals surface area contributed by atoms with Crippen LogP contribution in [-0.2, 0) is 9.53 Å². The quantitative estimate of drug-likeness (QED) is 0.267. The van der Waals surface area contributed by atoms with E-state index in [0.717, 1.165) is 0 Å². The summed E-state index contributed by atoms with van der Waals surface area (Å²) in [6.45, 7) is -0.420. The SMILES string of the molecule is [N-]=[N+]=NC[C@H]1NC(=O)[C@H]1NC(=O)OCC(Cl)(Cl)Cl. The highest BCUT2D eigenvalue weighted by Gasteiger charge is 2.40. The topological polar surface area (TPSA) is 116 Å². The van der Waals surface area contributed by atoms with Crippen LogP contribution in [0.1, 0.15) is 0 Å². The predicted octanol–water partition coefficient (Wildman–Crippen LogP) is 1.26. The molecule has 1 aliphatic heterocycles. The zero-order chi connectivity index (χ0) is 13.8. The second kappa shape index (κ2) is 6.19. The molecule has 0 aromatic rings. The number of alkyl carbamates (subject to hydrolysis) is 1. The Bertz CT molecular complexity index is 392. The molecule has 0 radical (unpaired) electrons. The molecule has 11 heteroatoms. The van der Waals surface area contributed by atoms with Crippen LogP contribution in [0.25, 0.3) is 10.4 Å². The third-order valence-corrected chi connectivity index (χ3v) is 2.32. The highest BCUT2D eigenvalue weighted by molar-refractivity contribution is 6.67. The number of alkyl halides is 3. The molecule has 1 heterocycles. The van der Waals surface area contributed by atoms with Crippen LogP contribution in [0.15, 0.2) is 5.11 Å². The molecule has 18 heavy (non-hydrogen) atoms. The van der Waals surface area contributed by atoms with Gasteiger partial charge in [0.15, 0.2) is 0 Å². The van der Waals surface area contributed by atoms with Crippen LogP contribution in [-0.4, -0.2) is 41.0 Å². The Balaban J connectivity index is 2.38. The second-order valence-electron chi connectivity index (χ2n) is 3.34. The number of β-lactam (4-membered cyclic amide) rings is 1. The molecule has 100 valence electrons. The van der Waals surface area contributed by atoms with E-state index in [1.54, 1.807) is 0 Å². The lowest BCUT2D eigenvalue weighted by atomic mass is 10.00. The summed E-state index contributed by atoms with van der Waals surface area (Å²) in [6, 6.07) is -1.29. The summed E-state index contributed by atoms with van der Waals surface area (Å²) in [7, 11) is 0. The van der Waals surface area contributed by atoms with E-state index in [1.165, 1.54) is 0 Å². The van der Waals surface area contributed by atoms with Crippen molar-refractivity contribution in [2.45, 2.75) is 15.9 Å². The van der Waals surface area contributed by atoms with E-state index < -0.39 is 34.5 Å². The maximum atomic E-state index is 11.3. The molecule has 0 unspecified atom stereocenters. The normalized spacial score (nSPS) is 22.3. The van der Waals surface area contributed by atoms with E-state index in [0.29, 0.717) is 0 Å². The Labute approximate surface area is 117 Å². The predicted molar refractivity (Wildman–Crippen MR) is 64.5 cm³/mol. The molecule has 0 aromatic carbocycles. The Hall–Kier alpha value is -1.08. The van der Waals surface area contributed by atoms with E-state index in [9.17, 15) is 9.59 Å². The lowest BCUT2D eigenvalue weighted by Crippen LogP contribution is -2.70. The van der Waals surface area contributed by atoms with E-state index in [-0.39, 0.29) is 6.54 Å². The standard InChI is InChI=1S/C7H8Cl3N5O3/c8-7(9,10)2-18-6(17)14-4-3(1-12-15-11)13-5(4)16/h3-4H,1-2H2,(H,13,16)(H,14,17)/t3-,4+/m1/s1. The zero-order valence-electron chi connectivity index (χ0n) is 8.77. The summed E-state index contributed by atoms with van der Waals surface area (Å²) in [5.41, 5.74) is 8.13. The minimum atomic E-state index is -1.72. The highest BCUT2D eigenvalue weighted by atomic mass is 35.6. The first kappa shape index (κ1) is 15.0. The van der Waals surface area contributed by atoms with E-state index in [2.05, 4.69) is 25.4 Å². The number of ether oxygens (including phenoxy) is 1. The third-order valence-electron chi connectivity index (χ3n) is 1.99. The summed E-state index contributed by atoms with van der Waals surface area (Å²) in [6.07, 6.45) is -0.896. The van der Waals surface area contributed by atoms with E-state index in [4.69, 9.17) is 40.3 Å². The number of carbonyl (C=O) groups excluding carboxylic acids is 2. The van der Waals surface area contributed by atoms with Gasteiger partial charge in [-0.1, -0.05) is 39.9 Å². The summed E-state index contributed by atoms with van der Waals surface area (Å²) in [5.74, 6) is -0.404. The zero-order valence-corrected chi connectivity index (χ0v) is 11.0. The molecule has 0 bridgehead atoms. The molecule has 1 rings (SSSR count). The van der Waals surface area contributed by atoms with Crippen LogP contribution in [0.4, 0.5) is 4.79 Å². The fourth-order valence-electron chi connectivity index (χ4n) is 1.20. The van der Waals surface area contributed by atoms with Gasteiger partial charge in [0.2, 0.25) is 9.70 Å². The number of rotatable bonds is 4. The maximum absolute atomic E-state index is 11.3. The summed E-state index contributed by atoms with van der Waals surface area (Å²) in [5, 5.41) is 8.00. The molecule has 2 atom stereocenters. The van der Waals surface area contributed by atoms with Crippen LogP contribution in [0.2, 0.25) is 0 Å². The highest BCUT2D eigenvalue weighted by Crippen LogP contribution is 2.25. The molecule has 2 amide bonds. The number of amides is 2. The van der Waals surface area contributed by atoms with Crippen molar-refractivity contribution in [3.63, 3.8) is 0 Å². The van der Waals surface area contributed by atoms with Gasteiger partial charge in [0.05, 0.1) is 6.04 Å². The smallest absolute Gasteiger partial charge is 0.408 e. The van der Waals surface area contributed by atoms with E-state index in [1.807, 2.05) is 0 Å². The molecule has 0 saturated carbocycles. The Morgan fingerprint density at radius 2 is 2.28 bits per heavy atom. The van der Waals surface area contributed by atoms with Crippen molar-refractivity contribution in [1.29, 1.82) is 0 Å². The average molecular weight is 317 g/mol. The van der Waals surface area contributed by atoms with Gasteiger partial charge in [-0.3, -0.25) is 4.79 Å². The van der Waals surface area contributed by atoms with Gasteiger partial charge in [-0.25, -0.2) is 4.79 Å². The van der Waals surface area contributed by atoms with Gasteiger partial charge in [-0.05, 0) is 5.53 Å². The number of nitrogens with zero attached hydrogens (tertiary/aromatic N) is 3. The molecule has 0 spiro atoms. The van der Waals surface area contributed by atoms with Crippen molar-refractivity contribution in [3.8, 4) is 0 Å². The molecule has 0 aliphatic carbocycles. The fraction of sp³-hybridized carbons (Fsp3) is 0.714. The number of carbonyl (C=O) groups is 2. The Kier molecular flexibility index (Phi) is 5.15. The van der Waals surface area contributed by atoms with E-state index >= 15 is 0 Å². The van der Waals surface area contributed by atoms with Crippen molar-refractivity contribution in [3.05, 3.63) is 10.4 Å². The lowest BCUT2D eigenvalue weighted by molar-refractivity contribution is -0.131. The molecule has 1 saturated heterocycles. The minimum absolute atomic E-state index is 0.0254. The molecular weight excluding hydrogens is 308 g/mol. The van der Waals surface area contributed by atoms with Gasteiger partial charge in [-0.2, -0.15) is 0 Å². The second-order valence-corrected chi connectivity index (χ2v) is 5.86. The van der Waals surface area contributed by atoms with Gasteiger partial charge < -0.3 is 15.4 Å². The van der Waals surface area contributed by atoms with Crippen molar-refractivity contribution in [2.75, 3.05) is 13.2 Å². The summed E-state index contributed by atoms with van der Waals surface area (Å²) >= 11 is 16.1. The van der Waals surface area contributed by atoms with Crippen molar-refractivity contribution in [2.24, 2.45) is 5.11 Å². The first-order valence-corrected chi connectivity index (χ1v) is 5.78. The largest absolute Gasteiger partial charge is 0.445 e. The molecule has 2 N–H and O–H groups in total. The number of azide groups is 1. The van der Waals surface area contributed by atoms with Crippen molar-refractivity contribution < 1.29 is 14.3 Å². The van der Waals surface area contributed by atoms with Crippen LogP contribution in [0, 0.1) is 0 Å². The van der Waals surface area contributed by atoms with Crippen molar-refractivity contribution >= 4 is 46.8 Å². The minimum Gasteiger partial charge on any atom is -0.445 e. The average Bonchev–Trinajstić information content (AvgIpc) is 2.28. The fourth-order valence-corrected chi connectivity index (χ4v) is 1.36. The monoisotopic (exact) mass is 315 g/mol. The number of hydrogen-bond donors (Lipinski definition) is 2. The van der Waals surface area contributed by atoms with Crippen LogP contribution >= 0.6 is 34.8 Å². The third kappa shape index (κ3) is 4.66. The number of hydrogen-bond acceptors (Lipinski definition) is 4. The molecule has 8 nitrogen and oxygen atoms in total. The molecule has 1 aliphatic rings. The Morgan fingerprint density at radius 3 is 2.78 bits per heavy atom. The van der Waals surface area contributed by atoms with Gasteiger partial charge in [0.1, 0.15) is 12.6 Å². The lowest BCUT2D eigenvalue weighted by Gasteiger charge is -2.35. The van der Waals surface area contributed by atoms with Gasteiger partial charge >= 0.3 is 6.09 Å². The van der Waals surface area contributed by atoms with Crippen LogP contribution in [0.5, 0.6) is 0 Å². The maximum Gasteiger partial charge on any atom is 0.408 e. The first-order valence-electron chi connectivity index (χ1n) is 4.65. The summed E-state index contributed by atoms with van der Waals surface area (Å²) in [4.78, 5) is 25.0. The number of halogens is 3. The summed E-state index contributed by atoms with van der Waals surface area (Å²) < 4.78 is 2.87. The molecular formula is C7H8Cl3N5O3. The van der Waals surface area contributed by atoms with Gasteiger partial charge in [-0.15, -0.1) is 0 Å². The van der Waals surface area contributed by atoms with Crippen LogP contribution in [0.3, 0.4) is 0 Å². The Morgan fingerprint density at radius 1 is 1.61 bits per heavy atom.